The number of rotatable bonds is 8. The molecular formula is C11H18O5. The van der Waals surface area contributed by atoms with Crippen LogP contribution in [0.4, 0.5) is 0 Å². The van der Waals surface area contributed by atoms with Gasteiger partial charge in [0.2, 0.25) is 6.29 Å². The number of hydrogen-bond donors (Lipinski definition) is 1. The van der Waals surface area contributed by atoms with Gasteiger partial charge in [0.05, 0.1) is 0 Å². The van der Waals surface area contributed by atoms with E-state index >= 15 is 0 Å². The predicted octanol–water partition coefficient (Wildman–Crippen LogP) is 1.16. The number of carbonyl (C=O) groups is 2. The van der Waals surface area contributed by atoms with Crippen LogP contribution >= 0.6 is 0 Å². The molecule has 0 saturated carbocycles. The molecule has 0 aromatic heterocycles. The molecule has 0 aliphatic rings. The number of aliphatic hydroxyl groups excluding tert-OH is 1. The minimum Gasteiger partial charge on any atom is -0.425 e. The second-order valence-corrected chi connectivity index (χ2v) is 3.23. The first-order valence-corrected chi connectivity index (χ1v) is 5.23. The quantitative estimate of drug-likeness (QED) is 0.293. The van der Waals surface area contributed by atoms with Crippen LogP contribution in [0.25, 0.3) is 0 Å². The summed E-state index contributed by atoms with van der Waals surface area (Å²) in [4.78, 5) is 21.9. The molecule has 0 bridgehead atoms. The van der Waals surface area contributed by atoms with Crippen LogP contribution in [0.1, 0.15) is 32.6 Å². The standard InChI is InChI=1S/C11H18O5/c1-3-10(13)15-9(2)16-11(14)7-5-4-6-8-12/h3,9,12H,1,4-8H2,2H3. The number of ether oxygens (including phenoxy) is 2. The molecule has 0 radical (unpaired) electrons. The molecule has 16 heavy (non-hydrogen) atoms. The van der Waals surface area contributed by atoms with Crippen molar-refractivity contribution in [2.24, 2.45) is 0 Å². The highest BCUT2D eigenvalue weighted by molar-refractivity contribution is 5.81. The number of aliphatic hydroxyl groups is 1. The second kappa shape index (κ2) is 8.91. The summed E-state index contributed by atoms with van der Waals surface area (Å²) in [5.41, 5.74) is 0. The van der Waals surface area contributed by atoms with Gasteiger partial charge >= 0.3 is 11.9 Å². The third kappa shape index (κ3) is 7.99. The van der Waals surface area contributed by atoms with E-state index in [1.807, 2.05) is 0 Å². The van der Waals surface area contributed by atoms with E-state index in [1.165, 1.54) is 6.92 Å². The summed E-state index contributed by atoms with van der Waals surface area (Å²) in [6.45, 7) is 4.82. The minimum atomic E-state index is -0.893. The Bertz CT molecular complexity index is 237. The van der Waals surface area contributed by atoms with Gasteiger partial charge in [0, 0.05) is 26.0 Å². The van der Waals surface area contributed by atoms with Crippen molar-refractivity contribution in [1.29, 1.82) is 0 Å². The van der Waals surface area contributed by atoms with Gasteiger partial charge in [-0.25, -0.2) is 4.79 Å². The van der Waals surface area contributed by atoms with Crippen LogP contribution in [0.3, 0.4) is 0 Å². The highest BCUT2D eigenvalue weighted by Gasteiger charge is 2.11. The predicted molar refractivity (Wildman–Crippen MR) is 57.4 cm³/mol. The third-order valence-corrected chi connectivity index (χ3v) is 1.79. The topological polar surface area (TPSA) is 72.8 Å². The van der Waals surface area contributed by atoms with Crippen molar-refractivity contribution >= 4 is 11.9 Å². The lowest BCUT2D eigenvalue weighted by Crippen LogP contribution is -2.20. The van der Waals surface area contributed by atoms with Crippen LogP contribution < -0.4 is 0 Å². The zero-order valence-electron chi connectivity index (χ0n) is 9.48. The van der Waals surface area contributed by atoms with Gasteiger partial charge < -0.3 is 14.6 Å². The van der Waals surface area contributed by atoms with E-state index in [0.29, 0.717) is 12.8 Å². The van der Waals surface area contributed by atoms with E-state index in [1.54, 1.807) is 0 Å². The van der Waals surface area contributed by atoms with Gasteiger partial charge in [-0.05, 0) is 12.8 Å². The Morgan fingerprint density at radius 2 is 2.00 bits per heavy atom. The van der Waals surface area contributed by atoms with Crippen molar-refractivity contribution in [2.45, 2.75) is 38.9 Å². The third-order valence-electron chi connectivity index (χ3n) is 1.79. The van der Waals surface area contributed by atoms with Gasteiger partial charge in [-0.15, -0.1) is 0 Å². The van der Waals surface area contributed by atoms with Crippen LogP contribution in [-0.2, 0) is 19.1 Å². The van der Waals surface area contributed by atoms with E-state index in [2.05, 4.69) is 11.3 Å². The molecule has 0 aromatic carbocycles. The van der Waals surface area contributed by atoms with Crippen LogP contribution in [0, 0.1) is 0 Å². The first-order valence-electron chi connectivity index (χ1n) is 5.23. The Labute approximate surface area is 95.0 Å². The van der Waals surface area contributed by atoms with Crippen LogP contribution in [0.15, 0.2) is 12.7 Å². The van der Waals surface area contributed by atoms with Crippen molar-refractivity contribution in [3.63, 3.8) is 0 Å². The zero-order chi connectivity index (χ0) is 12.4. The monoisotopic (exact) mass is 230 g/mol. The first-order chi connectivity index (χ1) is 7.60. The summed E-state index contributed by atoms with van der Waals surface area (Å²) in [6.07, 6.45) is 2.47. The number of carbonyl (C=O) groups excluding carboxylic acids is 2. The zero-order valence-corrected chi connectivity index (χ0v) is 9.48. The molecule has 5 nitrogen and oxygen atoms in total. The van der Waals surface area contributed by atoms with Gasteiger partial charge in [-0.2, -0.15) is 0 Å². The van der Waals surface area contributed by atoms with E-state index in [9.17, 15) is 9.59 Å². The van der Waals surface area contributed by atoms with Crippen molar-refractivity contribution in [3.8, 4) is 0 Å². The van der Waals surface area contributed by atoms with Gasteiger partial charge in [0.1, 0.15) is 0 Å². The Morgan fingerprint density at radius 3 is 2.56 bits per heavy atom. The number of esters is 2. The lowest BCUT2D eigenvalue weighted by atomic mass is 10.2. The van der Waals surface area contributed by atoms with Gasteiger partial charge in [-0.3, -0.25) is 4.79 Å². The lowest BCUT2D eigenvalue weighted by molar-refractivity contribution is -0.181. The average molecular weight is 230 g/mol. The maximum atomic E-state index is 11.2. The highest BCUT2D eigenvalue weighted by atomic mass is 16.7. The molecule has 0 aliphatic heterocycles. The lowest BCUT2D eigenvalue weighted by Gasteiger charge is -2.12. The molecule has 1 N–H and O–H groups in total. The molecule has 0 heterocycles. The normalized spacial score (nSPS) is 11.6. The summed E-state index contributed by atoms with van der Waals surface area (Å²) in [6, 6.07) is 0. The Kier molecular flexibility index (Phi) is 8.15. The Balaban J connectivity index is 3.61. The summed E-state index contributed by atoms with van der Waals surface area (Å²) < 4.78 is 9.47. The van der Waals surface area contributed by atoms with Gasteiger partial charge in [0.15, 0.2) is 0 Å². The Morgan fingerprint density at radius 1 is 1.31 bits per heavy atom. The molecule has 5 heteroatoms. The van der Waals surface area contributed by atoms with E-state index in [4.69, 9.17) is 9.84 Å². The molecule has 0 rings (SSSR count). The summed E-state index contributed by atoms with van der Waals surface area (Å²) in [5.74, 6) is -1.04. The minimum absolute atomic E-state index is 0.127. The molecule has 0 spiro atoms. The highest BCUT2D eigenvalue weighted by Crippen LogP contribution is 2.03. The summed E-state index contributed by atoms with van der Waals surface area (Å²) in [5, 5.41) is 8.52. The van der Waals surface area contributed by atoms with Crippen molar-refractivity contribution < 1.29 is 24.2 Å². The first kappa shape index (κ1) is 14.6. The maximum Gasteiger partial charge on any atom is 0.333 e. The summed E-state index contributed by atoms with van der Waals surface area (Å²) >= 11 is 0. The molecule has 1 atom stereocenters. The molecule has 1 unspecified atom stereocenters. The number of hydrogen-bond acceptors (Lipinski definition) is 5. The molecule has 0 aromatic rings. The van der Waals surface area contributed by atoms with E-state index in [-0.39, 0.29) is 13.0 Å². The van der Waals surface area contributed by atoms with E-state index < -0.39 is 18.2 Å². The fourth-order valence-corrected chi connectivity index (χ4v) is 1.04. The molecule has 92 valence electrons. The molecular weight excluding hydrogens is 212 g/mol. The van der Waals surface area contributed by atoms with Gasteiger partial charge in [-0.1, -0.05) is 13.0 Å². The fraction of sp³-hybridized carbons (Fsp3) is 0.636. The van der Waals surface area contributed by atoms with Crippen molar-refractivity contribution in [3.05, 3.63) is 12.7 Å². The van der Waals surface area contributed by atoms with Crippen LogP contribution in [0.2, 0.25) is 0 Å². The second-order valence-electron chi connectivity index (χ2n) is 3.23. The SMILES string of the molecule is C=CC(=O)OC(C)OC(=O)CCCCCO. The molecule has 0 amide bonds. The molecule has 0 aliphatic carbocycles. The summed E-state index contributed by atoms with van der Waals surface area (Å²) in [7, 11) is 0. The van der Waals surface area contributed by atoms with Gasteiger partial charge in [0.25, 0.3) is 0 Å². The van der Waals surface area contributed by atoms with Crippen LogP contribution in [0.5, 0.6) is 0 Å². The maximum absolute atomic E-state index is 11.2. The van der Waals surface area contributed by atoms with Crippen LogP contribution in [-0.4, -0.2) is 29.9 Å². The number of unbranched alkanes of at least 4 members (excludes halogenated alkanes) is 2. The van der Waals surface area contributed by atoms with Crippen molar-refractivity contribution in [2.75, 3.05) is 6.61 Å². The Hall–Kier alpha value is -1.36. The van der Waals surface area contributed by atoms with Crippen molar-refractivity contribution in [1.82, 2.24) is 0 Å². The molecule has 0 saturated heterocycles. The fourth-order valence-electron chi connectivity index (χ4n) is 1.04. The largest absolute Gasteiger partial charge is 0.425 e. The van der Waals surface area contributed by atoms with E-state index in [0.717, 1.165) is 12.5 Å². The average Bonchev–Trinajstić information content (AvgIpc) is 2.24. The molecule has 0 fully saturated rings. The smallest absolute Gasteiger partial charge is 0.333 e.